The van der Waals surface area contributed by atoms with Crippen LogP contribution in [0.15, 0.2) is 24.3 Å². The summed E-state index contributed by atoms with van der Waals surface area (Å²) in [6.45, 7) is 7.13. The van der Waals surface area contributed by atoms with Crippen LogP contribution < -0.4 is 0 Å². The van der Waals surface area contributed by atoms with E-state index in [1.165, 1.54) is 18.6 Å². The molecule has 3 fully saturated rings. The molecule has 1 aromatic rings. The van der Waals surface area contributed by atoms with Gasteiger partial charge < -0.3 is 14.5 Å². The minimum absolute atomic E-state index is 0.138. The highest BCUT2D eigenvalue weighted by Gasteiger charge is 2.29. The quantitative estimate of drug-likeness (QED) is 0.623. The van der Waals surface area contributed by atoms with Crippen molar-refractivity contribution in [2.75, 3.05) is 65.6 Å². The molecular formula is C25H37FN4O3. The van der Waals surface area contributed by atoms with Gasteiger partial charge in [0.05, 0.1) is 26.3 Å². The summed E-state index contributed by atoms with van der Waals surface area (Å²) < 4.78 is 18.7. The standard InChI is InChI=1S/C25H37FN4O3/c26-22-8-6-21(7-9-22)18-30(23-4-2-1-3-5-23)25(32)20-27-10-12-29(13-11-27)24(31)19-28-14-16-33-17-15-28/h6-9,23H,1-5,10-20H2. The molecule has 8 heteroatoms. The van der Waals surface area contributed by atoms with Gasteiger partial charge in [-0.05, 0) is 30.5 Å². The van der Waals surface area contributed by atoms with E-state index >= 15 is 0 Å². The molecule has 0 unspecified atom stereocenters. The van der Waals surface area contributed by atoms with E-state index in [0.29, 0.717) is 45.9 Å². The summed E-state index contributed by atoms with van der Waals surface area (Å²) in [5.74, 6) is 0.0534. The fraction of sp³-hybridized carbons (Fsp3) is 0.680. The maximum absolute atomic E-state index is 13.4. The van der Waals surface area contributed by atoms with Gasteiger partial charge in [0.15, 0.2) is 0 Å². The van der Waals surface area contributed by atoms with E-state index in [-0.39, 0.29) is 23.7 Å². The molecular weight excluding hydrogens is 423 g/mol. The molecule has 1 aromatic carbocycles. The molecule has 1 aliphatic carbocycles. The summed E-state index contributed by atoms with van der Waals surface area (Å²) in [6, 6.07) is 6.74. The van der Waals surface area contributed by atoms with Crippen LogP contribution in [0.25, 0.3) is 0 Å². The number of halogens is 1. The number of piperazine rings is 1. The van der Waals surface area contributed by atoms with Crippen molar-refractivity contribution in [1.29, 1.82) is 0 Å². The van der Waals surface area contributed by atoms with Crippen molar-refractivity contribution in [3.05, 3.63) is 35.6 Å². The Balaban J connectivity index is 1.29. The average molecular weight is 461 g/mol. The predicted octanol–water partition coefficient (Wildman–Crippen LogP) is 1.96. The van der Waals surface area contributed by atoms with Crippen LogP contribution in [-0.2, 0) is 20.9 Å². The van der Waals surface area contributed by atoms with Crippen molar-refractivity contribution >= 4 is 11.8 Å². The topological polar surface area (TPSA) is 56.3 Å². The first-order valence-electron chi connectivity index (χ1n) is 12.4. The van der Waals surface area contributed by atoms with E-state index in [4.69, 9.17) is 4.74 Å². The third-order valence-electron chi connectivity index (χ3n) is 7.15. The van der Waals surface area contributed by atoms with Crippen molar-refractivity contribution in [3.8, 4) is 0 Å². The molecule has 3 aliphatic rings. The Morgan fingerprint density at radius 2 is 1.52 bits per heavy atom. The second-order valence-corrected chi connectivity index (χ2v) is 9.49. The van der Waals surface area contributed by atoms with Gasteiger partial charge in [-0.2, -0.15) is 0 Å². The third-order valence-corrected chi connectivity index (χ3v) is 7.15. The summed E-state index contributed by atoms with van der Waals surface area (Å²) in [6.07, 6.45) is 5.62. The Hall–Kier alpha value is -2.03. The molecule has 182 valence electrons. The smallest absolute Gasteiger partial charge is 0.237 e. The van der Waals surface area contributed by atoms with Crippen LogP contribution in [-0.4, -0.2) is 103 Å². The molecule has 2 amide bonds. The van der Waals surface area contributed by atoms with Crippen molar-refractivity contribution in [3.63, 3.8) is 0 Å². The first kappa shape index (κ1) is 24.1. The van der Waals surface area contributed by atoms with Crippen LogP contribution >= 0.6 is 0 Å². The number of carbonyl (C=O) groups excluding carboxylic acids is 2. The van der Waals surface area contributed by atoms with Gasteiger partial charge in [0, 0.05) is 51.9 Å². The molecule has 2 aliphatic heterocycles. The van der Waals surface area contributed by atoms with Gasteiger partial charge in [0.1, 0.15) is 5.82 Å². The van der Waals surface area contributed by atoms with Gasteiger partial charge >= 0.3 is 0 Å². The monoisotopic (exact) mass is 460 g/mol. The normalized spacial score (nSPS) is 21.2. The molecule has 0 radical (unpaired) electrons. The van der Waals surface area contributed by atoms with Crippen LogP contribution in [0.1, 0.15) is 37.7 Å². The van der Waals surface area contributed by atoms with Crippen LogP contribution in [0.4, 0.5) is 4.39 Å². The SMILES string of the molecule is O=C(CN1CCOCC1)N1CCN(CC(=O)N(Cc2ccc(F)cc2)C2CCCCC2)CC1. The van der Waals surface area contributed by atoms with Crippen LogP contribution in [0.5, 0.6) is 0 Å². The summed E-state index contributed by atoms with van der Waals surface area (Å²) >= 11 is 0. The lowest BCUT2D eigenvalue weighted by atomic mass is 9.93. The number of nitrogens with zero attached hydrogens (tertiary/aromatic N) is 4. The highest BCUT2D eigenvalue weighted by molar-refractivity contribution is 5.79. The summed E-state index contributed by atoms with van der Waals surface area (Å²) in [4.78, 5) is 34.3. The summed E-state index contributed by atoms with van der Waals surface area (Å²) in [7, 11) is 0. The fourth-order valence-electron chi connectivity index (χ4n) is 5.09. The van der Waals surface area contributed by atoms with E-state index < -0.39 is 0 Å². The zero-order valence-corrected chi connectivity index (χ0v) is 19.6. The number of morpholine rings is 1. The largest absolute Gasteiger partial charge is 0.379 e. The summed E-state index contributed by atoms with van der Waals surface area (Å²) in [5.41, 5.74) is 0.967. The van der Waals surface area contributed by atoms with Crippen molar-refractivity contribution in [1.82, 2.24) is 19.6 Å². The number of amides is 2. The van der Waals surface area contributed by atoms with Gasteiger partial charge in [0.25, 0.3) is 0 Å². The molecule has 7 nitrogen and oxygen atoms in total. The molecule has 0 N–H and O–H groups in total. The second-order valence-electron chi connectivity index (χ2n) is 9.49. The van der Waals surface area contributed by atoms with E-state index in [1.54, 1.807) is 12.1 Å². The van der Waals surface area contributed by atoms with Gasteiger partial charge in [-0.25, -0.2) is 4.39 Å². The fourth-order valence-corrected chi connectivity index (χ4v) is 5.09. The molecule has 2 saturated heterocycles. The molecule has 2 heterocycles. The molecule has 4 rings (SSSR count). The van der Waals surface area contributed by atoms with Gasteiger partial charge in [-0.15, -0.1) is 0 Å². The molecule has 0 spiro atoms. The zero-order chi connectivity index (χ0) is 23.0. The molecule has 0 atom stereocenters. The third kappa shape index (κ3) is 6.98. The van der Waals surface area contributed by atoms with Crippen LogP contribution in [0.2, 0.25) is 0 Å². The lowest BCUT2D eigenvalue weighted by Crippen LogP contribution is -2.54. The number of hydrogen-bond donors (Lipinski definition) is 0. The van der Waals surface area contributed by atoms with Crippen LogP contribution in [0, 0.1) is 5.82 Å². The maximum Gasteiger partial charge on any atom is 0.237 e. The first-order chi connectivity index (χ1) is 16.1. The number of carbonyl (C=O) groups is 2. The Morgan fingerprint density at radius 3 is 2.18 bits per heavy atom. The van der Waals surface area contributed by atoms with Crippen molar-refractivity contribution in [2.24, 2.45) is 0 Å². The van der Waals surface area contributed by atoms with E-state index in [0.717, 1.165) is 57.4 Å². The lowest BCUT2D eigenvalue weighted by molar-refractivity contribution is -0.138. The van der Waals surface area contributed by atoms with E-state index in [9.17, 15) is 14.0 Å². The zero-order valence-electron chi connectivity index (χ0n) is 19.6. The average Bonchev–Trinajstić information content (AvgIpc) is 2.85. The first-order valence-corrected chi connectivity index (χ1v) is 12.4. The number of ether oxygens (including phenoxy) is 1. The van der Waals surface area contributed by atoms with Gasteiger partial charge in [0.2, 0.25) is 11.8 Å². The van der Waals surface area contributed by atoms with Crippen molar-refractivity contribution < 1.29 is 18.7 Å². The predicted molar refractivity (Wildman–Crippen MR) is 124 cm³/mol. The van der Waals surface area contributed by atoms with Crippen LogP contribution in [0.3, 0.4) is 0 Å². The Morgan fingerprint density at radius 1 is 0.879 bits per heavy atom. The number of rotatable bonds is 7. The Kier molecular flexibility index (Phi) is 8.69. The van der Waals surface area contributed by atoms with Gasteiger partial charge in [-0.1, -0.05) is 31.4 Å². The Labute approximate surface area is 196 Å². The summed E-state index contributed by atoms with van der Waals surface area (Å²) in [5, 5.41) is 0. The lowest BCUT2D eigenvalue weighted by Gasteiger charge is -2.39. The molecule has 33 heavy (non-hydrogen) atoms. The molecule has 1 saturated carbocycles. The minimum Gasteiger partial charge on any atom is -0.379 e. The van der Waals surface area contributed by atoms with E-state index in [1.807, 2.05) is 9.80 Å². The molecule has 0 bridgehead atoms. The Bertz CT molecular complexity index is 770. The van der Waals surface area contributed by atoms with Crippen molar-refractivity contribution in [2.45, 2.75) is 44.7 Å². The maximum atomic E-state index is 13.4. The van der Waals surface area contributed by atoms with E-state index in [2.05, 4.69) is 9.80 Å². The minimum atomic E-state index is -0.254. The second kappa shape index (κ2) is 11.9. The number of hydrogen-bond acceptors (Lipinski definition) is 5. The highest BCUT2D eigenvalue weighted by atomic mass is 19.1. The number of benzene rings is 1. The highest BCUT2D eigenvalue weighted by Crippen LogP contribution is 2.24. The molecule has 0 aromatic heterocycles. The van der Waals surface area contributed by atoms with Gasteiger partial charge in [-0.3, -0.25) is 19.4 Å².